The second-order valence-electron chi connectivity index (χ2n) is 4.42. The SMILES string of the molecule is CCC(=O)c1ccc(NC2(CO)CC2)cc1. The van der Waals surface area contributed by atoms with Crippen LogP contribution in [0.25, 0.3) is 0 Å². The zero-order chi connectivity index (χ0) is 11.6. The highest BCUT2D eigenvalue weighted by Crippen LogP contribution is 2.38. The van der Waals surface area contributed by atoms with Crippen molar-refractivity contribution in [3.63, 3.8) is 0 Å². The molecule has 1 aromatic carbocycles. The maximum atomic E-state index is 11.4. The van der Waals surface area contributed by atoms with Crippen molar-refractivity contribution in [2.75, 3.05) is 11.9 Å². The lowest BCUT2D eigenvalue weighted by atomic mass is 10.1. The van der Waals surface area contributed by atoms with Crippen LogP contribution in [0.4, 0.5) is 5.69 Å². The molecule has 0 radical (unpaired) electrons. The molecular weight excluding hydrogens is 202 g/mol. The summed E-state index contributed by atoms with van der Waals surface area (Å²) in [7, 11) is 0. The van der Waals surface area contributed by atoms with Gasteiger partial charge in [0.15, 0.2) is 5.78 Å². The van der Waals surface area contributed by atoms with Crippen molar-refractivity contribution in [1.82, 2.24) is 0 Å². The monoisotopic (exact) mass is 219 g/mol. The summed E-state index contributed by atoms with van der Waals surface area (Å²) in [5.74, 6) is 0.162. The van der Waals surface area contributed by atoms with Crippen molar-refractivity contribution < 1.29 is 9.90 Å². The number of hydrogen-bond acceptors (Lipinski definition) is 3. The van der Waals surface area contributed by atoms with E-state index in [-0.39, 0.29) is 17.9 Å². The van der Waals surface area contributed by atoms with Gasteiger partial charge in [-0.1, -0.05) is 6.92 Å². The standard InChI is InChI=1S/C13H17NO2/c1-2-12(16)10-3-5-11(6-4-10)14-13(9-15)7-8-13/h3-6,14-15H,2,7-9H2,1H3. The van der Waals surface area contributed by atoms with E-state index in [0.29, 0.717) is 6.42 Å². The number of anilines is 1. The van der Waals surface area contributed by atoms with Crippen LogP contribution in [0.3, 0.4) is 0 Å². The molecule has 86 valence electrons. The molecule has 0 saturated heterocycles. The van der Waals surface area contributed by atoms with E-state index in [1.807, 2.05) is 31.2 Å². The Kier molecular flexibility index (Phi) is 2.97. The van der Waals surface area contributed by atoms with Crippen molar-refractivity contribution in [3.8, 4) is 0 Å². The van der Waals surface area contributed by atoms with Crippen molar-refractivity contribution in [1.29, 1.82) is 0 Å². The van der Waals surface area contributed by atoms with Gasteiger partial charge in [0.05, 0.1) is 12.1 Å². The molecule has 1 aliphatic carbocycles. The molecule has 3 heteroatoms. The summed E-state index contributed by atoms with van der Waals surface area (Å²) in [6.45, 7) is 2.03. The molecular formula is C13H17NO2. The molecule has 0 unspecified atom stereocenters. The molecule has 2 N–H and O–H groups in total. The number of Topliss-reactive ketones (excluding diaryl/α,β-unsaturated/α-hetero) is 1. The first-order chi connectivity index (χ1) is 7.69. The van der Waals surface area contributed by atoms with Gasteiger partial charge < -0.3 is 10.4 Å². The Morgan fingerprint density at radius 1 is 1.38 bits per heavy atom. The van der Waals surface area contributed by atoms with Crippen LogP contribution < -0.4 is 5.32 Å². The summed E-state index contributed by atoms with van der Waals surface area (Å²) < 4.78 is 0. The molecule has 1 aromatic rings. The first-order valence-corrected chi connectivity index (χ1v) is 5.71. The van der Waals surface area contributed by atoms with Crippen LogP contribution >= 0.6 is 0 Å². The highest BCUT2D eigenvalue weighted by Gasteiger charge is 2.41. The van der Waals surface area contributed by atoms with Gasteiger partial charge in [0, 0.05) is 17.7 Å². The van der Waals surface area contributed by atoms with E-state index >= 15 is 0 Å². The van der Waals surface area contributed by atoms with Crippen LogP contribution in [0.1, 0.15) is 36.5 Å². The number of nitrogens with one attached hydrogen (secondary N) is 1. The highest BCUT2D eigenvalue weighted by atomic mass is 16.3. The van der Waals surface area contributed by atoms with Gasteiger partial charge in [-0.3, -0.25) is 4.79 Å². The Labute approximate surface area is 95.5 Å². The number of benzene rings is 1. The number of carbonyl (C=O) groups is 1. The van der Waals surface area contributed by atoms with Crippen molar-refractivity contribution >= 4 is 11.5 Å². The molecule has 0 heterocycles. The van der Waals surface area contributed by atoms with Crippen LogP contribution in [0.5, 0.6) is 0 Å². The van der Waals surface area contributed by atoms with Crippen molar-refractivity contribution in [3.05, 3.63) is 29.8 Å². The van der Waals surface area contributed by atoms with Gasteiger partial charge >= 0.3 is 0 Å². The first kappa shape index (κ1) is 11.1. The smallest absolute Gasteiger partial charge is 0.162 e. The third-order valence-electron chi connectivity index (χ3n) is 3.09. The zero-order valence-electron chi connectivity index (χ0n) is 9.49. The maximum Gasteiger partial charge on any atom is 0.162 e. The van der Waals surface area contributed by atoms with Gasteiger partial charge in [-0.2, -0.15) is 0 Å². The molecule has 3 nitrogen and oxygen atoms in total. The predicted octanol–water partition coefficient (Wildman–Crippen LogP) is 2.22. The fourth-order valence-electron chi connectivity index (χ4n) is 1.72. The van der Waals surface area contributed by atoms with Crippen LogP contribution in [0.2, 0.25) is 0 Å². The van der Waals surface area contributed by atoms with Crippen LogP contribution in [-0.2, 0) is 0 Å². The van der Waals surface area contributed by atoms with E-state index in [2.05, 4.69) is 5.32 Å². The van der Waals surface area contributed by atoms with Gasteiger partial charge in [0.2, 0.25) is 0 Å². The molecule has 0 aromatic heterocycles. The molecule has 16 heavy (non-hydrogen) atoms. The average Bonchev–Trinajstić information content (AvgIpc) is 3.09. The van der Waals surface area contributed by atoms with E-state index in [1.54, 1.807) is 0 Å². The summed E-state index contributed by atoms with van der Waals surface area (Å²) in [5.41, 5.74) is 1.62. The minimum atomic E-state index is -0.101. The molecule has 0 spiro atoms. The van der Waals surface area contributed by atoms with Crippen molar-refractivity contribution in [2.24, 2.45) is 0 Å². The largest absolute Gasteiger partial charge is 0.394 e. The number of carbonyl (C=O) groups excluding carboxylic acids is 1. The van der Waals surface area contributed by atoms with Crippen LogP contribution in [-0.4, -0.2) is 23.0 Å². The second kappa shape index (κ2) is 4.26. The summed E-state index contributed by atoms with van der Waals surface area (Å²) in [4.78, 5) is 11.4. The quantitative estimate of drug-likeness (QED) is 0.746. The van der Waals surface area contributed by atoms with Gasteiger partial charge in [0.25, 0.3) is 0 Å². The van der Waals surface area contributed by atoms with E-state index in [1.165, 1.54) is 0 Å². The van der Waals surface area contributed by atoms with Gasteiger partial charge in [-0.25, -0.2) is 0 Å². The summed E-state index contributed by atoms with van der Waals surface area (Å²) >= 11 is 0. The third kappa shape index (κ3) is 2.25. The normalized spacial score (nSPS) is 16.9. The summed E-state index contributed by atoms with van der Waals surface area (Å²) in [5, 5.41) is 12.5. The van der Waals surface area contributed by atoms with Gasteiger partial charge in [-0.05, 0) is 37.1 Å². The molecule has 2 rings (SSSR count). The Bertz CT molecular complexity index is 379. The number of rotatable bonds is 5. The van der Waals surface area contributed by atoms with E-state index in [4.69, 9.17) is 0 Å². The molecule has 0 aliphatic heterocycles. The topological polar surface area (TPSA) is 49.3 Å². The molecule has 0 bridgehead atoms. The Hall–Kier alpha value is -1.35. The van der Waals surface area contributed by atoms with Crippen LogP contribution in [0, 0.1) is 0 Å². The Morgan fingerprint density at radius 3 is 2.44 bits per heavy atom. The highest BCUT2D eigenvalue weighted by molar-refractivity contribution is 5.96. The molecule has 0 amide bonds. The third-order valence-corrected chi connectivity index (χ3v) is 3.09. The molecule has 1 fully saturated rings. The Morgan fingerprint density at radius 2 is 2.00 bits per heavy atom. The average molecular weight is 219 g/mol. The number of ketones is 1. The molecule has 1 saturated carbocycles. The zero-order valence-corrected chi connectivity index (χ0v) is 9.49. The first-order valence-electron chi connectivity index (χ1n) is 5.71. The van der Waals surface area contributed by atoms with E-state index in [0.717, 1.165) is 24.1 Å². The van der Waals surface area contributed by atoms with E-state index < -0.39 is 0 Å². The van der Waals surface area contributed by atoms with Crippen molar-refractivity contribution in [2.45, 2.75) is 31.7 Å². The number of aliphatic hydroxyl groups excluding tert-OH is 1. The minimum absolute atomic E-state index is 0.101. The fourth-order valence-corrected chi connectivity index (χ4v) is 1.72. The maximum absolute atomic E-state index is 11.4. The van der Waals surface area contributed by atoms with Crippen LogP contribution in [0.15, 0.2) is 24.3 Å². The minimum Gasteiger partial charge on any atom is -0.394 e. The molecule has 0 atom stereocenters. The lowest BCUT2D eigenvalue weighted by Gasteiger charge is -2.15. The Balaban J connectivity index is 2.05. The van der Waals surface area contributed by atoms with Gasteiger partial charge in [-0.15, -0.1) is 0 Å². The number of hydrogen-bond donors (Lipinski definition) is 2. The van der Waals surface area contributed by atoms with E-state index in [9.17, 15) is 9.90 Å². The molecule has 1 aliphatic rings. The van der Waals surface area contributed by atoms with Gasteiger partial charge in [0.1, 0.15) is 0 Å². The summed E-state index contributed by atoms with van der Waals surface area (Å²) in [6, 6.07) is 7.47. The predicted molar refractivity (Wildman–Crippen MR) is 63.7 cm³/mol. The second-order valence-corrected chi connectivity index (χ2v) is 4.42. The lowest BCUT2D eigenvalue weighted by molar-refractivity contribution is 0.0988. The fraction of sp³-hybridized carbons (Fsp3) is 0.462. The summed E-state index contributed by atoms with van der Waals surface area (Å²) in [6.07, 6.45) is 2.56. The lowest BCUT2D eigenvalue weighted by Crippen LogP contribution is -2.25. The number of aliphatic hydroxyl groups is 1.